The highest BCUT2D eigenvalue weighted by atomic mass is 35.5. The van der Waals surface area contributed by atoms with E-state index in [4.69, 9.17) is 11.6 Å². The van der Waals surface area contributed by atoms with Gasteiger partial charge in [-0.15, -0.1) is 0 Å². The molecule has 1 nitrogen and oxygen atoms in total. The number of aryl methyl sites for hydroxylation is 2. The smallest absolute Gasteiger partial charge is 0.125 e. The van der Waals surface area contributed by atoms with Gasteiger partial charge in [-0.2, -0.15) is 0 Å². The molecule has 0 spiro atoms. The SMILES string of the molecule is Cc1cc(F)cc(NC2CCc3cc(Cl)ccc32)c1. The van der Waals surface area contributed by atoms with E-state index in [1.807, 2.05) is 25.1 Å². The molecule has 19 heavy (non-hydrogen) atoms. The van der Waals surface area contributed by atoms with E-state index in [9.17, 15) is 4.39 Å². The predicted octanol–water partition coefficient (Wildman–Crippen LogP) is 4.89. The number of halogens is 2. The van der Waals surface area contributed by atoms with Gasteiger partial charge in [0.1, 0.15) is 5.82 Å². The maximum Gasteiger partial charge on any atom is 0.125 e. The van der Waals surface area contributed by atoms with E-state index >= 15 is 0 Å². The molecule has 1 aliphatic rings. The fourth-order valence-corrected chi connectivity index (χ4v) is 2.95. The van der Waals surface area contributed by atoms with E-state index in [-0.39, 0.29) is 11.9 Å². The first-order valence-electron chi connectivity index (χ1n) is 6.44. The van der Waals surface area contributed by atoms with Crippen molar-refractivity contribution in [2.24, 2.45) is 0 Å². The number of nitrogens with one attached hydrogen (secondary N) is 1. The van der Waals surface area contributed by atoms with Gasteiger partial charge in [-0.1, -0.05) is 17.7 Å². The number of hydrogen-bond donors (Lipinski definition) is 1. The summed E-state index contributed by atoms with van der Waals surface area (Å²) in [6.07, 6.45) is 2.03. The lowest BCUT2D eigenvalue weighted by Crippen LogP contribution is -2.07. The average Bonchev–Trinajstić information content (AvgIpc) is 2.70. The number of fused-ring (bicyclic) bond motifs is 1. The Labute approximate surface area is 117 Å². The molecule has 0 saturated heterocycles. The first-order valence-corrected chi connectivity index (χ1v) is 6.82. The molecule has 0 amide bonds. The number of rotatable bonds is 2. The lowest BCUT2D eigenvalue weighted by molar-refractivity contribution is 0.626. The topological polar surface area (TPSA) is 12.0 Å². The molecule has 0 heterocycles. The molecule has 0 bridgehead atoms. The second kappa shape index (κ2) is 4.86. The van der Waals surface area contributed by atoms with Crippen molar-refractivity contribution in [3.8, 4) is 0 Å². The highest BCUT2D eigenvalue weighted by Gasteiger charge is 2.22. The number of hydrogen-bond acceptors (Lipinski definition) is 1. The third-order valence-corrected chi connectivity index (χ3v) is 3.80. The van der Waals surface area contributed by atoms with E-state index in [0.29, 0.717) is 0 Å². The molecule has 0 fully saturated rings. The minimum Gasteiger partial charge on any atom is -0.378 e. The molecule has 3 heteroatoms. The summed E-state index contributed by atoms with van der Waals surface area (Å²) in [4.78, 5) is 0. The van der Waals surface area contributed by atoms with Crippen molar-refractivity contribution in [2.45, 2.75) is 25.8 Å². The highest BCUT2D eigenvalue weighted by molar-refractivity contribution is 6.30. The Bertz CT molecular complexity index is 604. The zero-order valence-corrected chi connectivity index (χ0v) is 11.5. The van der Waals surface area contributed by atoms with Crippen molar-refractivity contribution in [3.05, 3.63) is 63.9 Å². The van der Waals surface area contributed by atoms with Gasteiger partial charge in [0.2, 0.25) is 0 Å². The van der Waals surface area contributed by atoms with Crippen molar-refractivity contribution in [1.82, 2.24) is 0 Å². The van der Waals surface area contributed by atoms with Gasteiger partial charge in [0.25, 0.3) is 0 Å². The van der Waals surface area contributed by atoms with Gasteiger partial charge >= 0.3 is 0 Å². The summed E-state index contributed by atoms with van der Waals surface area (Å²) in [6.45, 7) is 1.90. The van der Waals surface area contributed by atoms with Crippen molar-refractivity contribution < 1.29 is 4.39 Å². The summed E-state index contributed by atoms with van der Waals surface area (Å²) < 4.78 is 13.4. The number of anilines is 1. The minimum atomic E-state index is -0.197. The zero-order chi connectivity index (χ0) is 13.4. The van der Waals surface area contributed by atoms with Crippen LogP contribution in [0.5, 0.6) is 0 Å². The van der Waals surface area contributed by atoms with Crippen molar-refractivity contribution in [1.29, 1.82) is 0 Å². The molecule has 0 aromatic heterocycles. The van der Waals surface area contributed by atoms with Gasteiger partial charge in [-0.05, 0) is 66.8 Å². The Kier molecular flexibility index (Phi) is 3.19. The zero-order valence-electron chi connectivity index (χ0n) is 10.7. The first-order chi connectivity index (χ1) is 9.11. The number of benzene rings is 2. The first kappa shape index (κ1) is 12.5. The molecule has 98 valence electrons. The van der Waals surface area contributed by atoms with Crippen molar-refractivity contribution >= 4 is 17.3 Å². The van der Waals surface area contributed by atoms with Gasteiger partial charge in [0.05, 0.1) is 6.04 Å². The molecule has 1 aliphatic carbocycles. The Balaban J connectivity index is 1.86. The van der Waals surface area contributed by atoms with Crippen LogP contribution in [0.1, 0.15) is 29.2 Å². The molecule has 1 unspecified atom stereocenters. The molecule has 1 N–H and O–H groups in total. The third kappa shape index (κ3) is 2.59. The Morgan fingerprint density at radius 1 is 1.21 bits per heavy atom. The molecule has 2 aromatic carbocycles. The summed E-state index contributed by atoms with van der Waals surface area (Å²) in [6, 6.07) is 11.3. The van der Waals surface area contributed by atoms with Crippen LogP contribution in [0.3, 0.4) is 0 Å². The molecular formula is C16H15ClFN. The van der Waals surface area contributed by atoms with Crippen LogP contribution in [0, 0.1) is 12.7 Å². The van der Waals surface area contributed by atoms with E-state index in [1.54, 1.807) is 6.07 Å². The second-order valence-electron chi connectivity index (χ2n) is 5.10. The average molecular weight is 276 g/mol. The van der Waals surface area contributed by atoms with Gasteiger partial charge in [0, 0.05) is 10.7 Å². The van der Waals surface area contributed by atoms with E-state index in [0.717, 1.165) is 29.1 Å². The molecule has 2 aromatic rings. The minimum absolute atomic E-state index is 0.197. The van der Waals surface area contributed by atoms with Gasteiger partial charge < -0.3 is 5.32 Å². The van der Waals surface area contributed by atoms with Crippen LogP contribution in [0.25, 0.3) is 0 Å². The van der Waals surface area contributed by atoms with E-state index in [1.165, 1.54) is 17.2 Å². The lowest BCUT2D eigenvalue weighted by Gasteiger charge is -2.16. The third-order valence-electron chi connectivity index (χ3n) is 3.57. The monoisotopic (exact) mass is 275 g/mol. The molecule has 0 radical (unpaired) electrons. The Morgan fingerprint density at radius 2 is 2.05 bits per heavy atom. The lowest BCUT2D eigenvalue weighted by atomic mass is 10.1. The van der Waals surface area contributed by atoms with E-state index in [2.05, 4.69) is 11.4 Å². The standard InChI is InChI=1S/C16H15ClFN/c1-10-6-13(18)9-14(7-10)19-16-5-2-11-8-12(17)3-4-15(11)16/h3-4,6-9,16,19H,2,5H2,1H3. The maximum atomic E-state index is 13.4. The summed E-state index contributed by atoms with van der Waals surface area (Å²) in [5.74, 6) is -0.197. The normalized spacial score (nSPS) is 17.3. The fraction of sp³-hybridized carbons (Fsp3) is 0.250. The largest absolute Gasteiger partial charge is 0.378 e. The molecule has 1 atom stereocenters. The van der Waals surface area contributed by atoms with Crippen LogP contribution in [0.4, 0.5) is 10.1 Å². The maximum absolute atomic E-state index is 13.4. The Morgan fingerprint density at radius 3 is 2.84 bits per heavy atom. The van der Waals surface area contributed by atoms with Gasteiger partial charge in [-0.25, -0.2) is 4.39 Å². The van der Waals surface area contributed by atoms with Gasteiger partial charge in [-0.3, -0.25) is 0 Å². The molecule has 0 aliphatic heterocycles. The van der Waals surface area contributed by atoms with Crippen LogP contribution in [0.2, 0.25) is 5.02 Å². The van der Waals surface area contributed by atoms with Crippen molar-refractivity contribution in [3.63, 3.8) is 0 Å². The summed E-state index contributed by atoms with van der Waals surface area (Å²) in [5.41, 5.74) is 4.33. The fourth-order valence-electron chi connectivity index (χ4n) is 2.76. The second-order valence-corrected chi connectivity index (χ2v) is 5.53. The van der Waals surface area contributed by atoms with Crippen LogP contribution in [-0.2, 0) is 6.42 Å². The predicted molar refractivity (Wildman–Crippen MR) is 77.3 cm³/mol. The summed E-state index contributed by atoms with van der Waals surface area (Å²) >= 11 is 6.00. The molecule has 0 saturated carbocycles. The molecule has 3 rings (SSSR count). The quantitative estimate of drug-likeness (QED) is 0.823. The van der Waals surface area contributed by atoms with Crippen LogP contribution >= 0.6 is 11.6 Å². The van der Waals surface area contributed by atoms with Crippen molar-refractivity contribution in [2.75, 3.05) is 5.32 Å². The molecular weight excluding hydrogens is 261 g/mol. The Hall–Kier alpha value is -1.54. The van der Waals surface area contributed by atoms with Crippen LogP contribution in [0.15, 0.2) is 36.4 Å². The summed E-state index contributed by atoms with van der Waals surface area (Å²) in [7, 11) is 0. The van der Waals surface area contributed by atoms with Crippen LogP contribution in [-0.4, -0.2) is 0 Å². The van der Waals surface area contributed by atoms with E-state index < -0.39 is 0 Å². The van der Waals surface area contributed by atoms with Crippen LogP contribution < -0.4 is 5.32 Å². The van der Waals surface area contributed by atoms with Gasteiger partial charge in [0.15, 0.2) is 0 Å². The summed E-state index contributed by atoms with van der Waals surface area (Å²) in [5, 5.41) is 4.19. The highest BCUT2D eigenvalue weighted by Crippen LogP contribution is 2.35.